The molecule has 0 saturated carbocycles. The lowest BCUT2D eigenvalue weighted by Gasteiger charge is -2.24. The van der Waals surface area contributed by atoms with E-state index in [1.54, 1.807) is 12.1 Å². The van der Waals surface area contributed by atoms with Crippen molar-refractivity contribution in [3.8, 4) is 11.1 Å². The maximum absolute atomic E-state index is 12.4. The highest BCUT2D eigenvalue weighted by molar-refractivity contribution is 6.15. The lowest BCUT2D eigenvalue weighted by molar-refractivity contribution is 0.0686. The predicted molar refractivity (Wildman–Crippen MR) is 113 cm³/mol. The van der Waals surface area contributed by atoms with Gasteiger partial charge >= 0.3 is 11.9 Å². The molecule has 0 aliphatic heterocycles. The van der Waals surface area contributed by atoms with E-state index in [1.165, 1.54) is 0 Å². The highest BCUT2D eigenvalue weighted by Gasteiger charge is 2.32. The van der Waals surface area contributed by atoms with Crippen LogP contribution >= 0.6 is 0 Å². The largest absolute Gasteiger partial charge is 0.478 e. The van der Waals surface area contributed by atoms with Gasteiger partial charge in [-0.2, -0.15) is 0 Å². The van der Waals surface area contributed by atoms with Crippen LogP contribution in [-0.4, -0.2) is 32.1 Å². The molecule has 6 nitrogen and oxygen atoms in total. The number of hydrogen-bond donors (Lipinski definition) is 2. The number of rotatable bonds is 2. The normalized spacial score (nSPS) is 12.6. The van der Waals surface area contributed by atoms with Crippen molar-refractivity contribution in [2.24, 2.45) is 0 Å². The molecule has 0 fully saturated rings. The SMILES string of the molecule is Cc1ccc2nc3c(c(C(=O)O)c2c1)-c1c(nc2ccc(C)cc2c1C(=O)O)CC3. The smallest absolute Gasteiger partial charge is 0.337 e. The monoisotopic (exact) mass is 398 g/mol. The first-order chi connectivity index (χ1) is 14.3. The summed E-state index contributed by atoms with van der Waals surface area (Å²) in [5.41, 5.74) is 5.18. The number of nitrogens with zero attached hydrogens (tertiary/aromatic N) is 2. The molecule has 6 heteroatoms. The molecule has 4 aromatic rings. The van der Waals surface area contributed by atoms with Crippen LogP contribution in [0, 0.1) is 13.8 Å². The van der Waals surface area contributed by atoms with Gasteiger partial charge in [-0.15, -0.1) is 0 Å². The summed E-state index contributed by atoms with van der Waals surface area (Å²) < 4.78 is 0. The van der Waals surface area contributed by atoms with Gasteiger partial charge in [-0.3, -0.25) is 9.97 Å². The Hall–Kier alpha value is -3.80. The molecular formula is C24H18N2O4. The predicted octanol–water partition coefficient (Wildman–Crippen LogP) is 4.56. The molecule has 0 amide bonds. The molecule has 0 atom stereocenters. The van der Waals surface area contributed by atoms with Gasteiger partial charge in [0.25, 0.3) is 0 Å². The Kier molecular flexibility index (Phi) is 3.86. The van der Waals surface area contributed by atoms with Crippen LogP contribution in [0.5, 0.6) is 0 Å². The summed E-state index contributed by atoms with van der Waals surface area (Å²) in [6, 6.07) is 11.0. The molecular weight excluding hydrogens is 380 g/mol. The van der Waals surface area contributed by atoms with Crippen molar-refractivity contribution in [2.45, 2.75) is 26.7 Å². The number of hydrogen-bond acceptors (Lipinski definition) is 4. The highest BCUT2D eigenvalue weighted by Crippen LogP contribution is 2.42. The molecule has 148 valence electrons. The van der Waals surface area contributed by atoms with E-state index in [1.807, 2.05) is 38.1 Å². The third-order valence-corrected chi connectivity index (χ3v) is 5.71. The van der Waals surface area contributed by atoms with E-state index in [0.717, 1.165) is 11.1 Å². The lowest BCUT2D eigenvalue weighted by Crippen LogP contribution is -2.17. The number of pyridine rings is 2. The number of fused-ring (bicyclic) bond motifs is 5. The Morgan fingerprint density at radius 2 is 1.13 bits per heavy atom. The third kappa shape index (κ3) is 2.57. The molecule has 2 aromatic carbocycles. The second kappa shape index (κ2) is 6.35. The van der Waals surface area contributed by atoms with Crippen molar-refractivity contribution in [1.29, 1.82) is 0 Å². The van der Waals surface area contributed by atoms with Crippen molar-refractivity contribution in [2.75, 3.05) is 0 Å². The Morgan fingerprint density at radius 3 is 1.50 bits per heavy atom. The summed E-state index contributed by atoms with van der Waals surface area (Å²) in [5, 5.41) is 21.3. The second-order valence-electron chi connectivity index (χ2n) is 7.77. The molecule has 0 saturated heterocycles. The first kappa shape index (κ1) is 18.2. The van der Waals surface area contributed by atoms with E-state index in [9.17, 15) is 19.8 Å². The number of benzene rings is 2. The molecule has 0 spiro atoms. The quantitative estimate of drug-likeness (QED) is 0.513. The fraction of sp³-hybridized carbons (Fsp3) is 0.167. The Bertz CT molecular complexity index is 1310. The molecule has 1 aliphatic carbocycles. The van der Waals surface area contributed by atoms with E-state index in [-0.39, 0.29) is 11.1 Å². The maximum Gasteiger partial charge on any atom is 0.337 e. The minimum absolute atomic E-state index is 0.0935. The van der Waals surface area contributed by atoms with Crippen LogP contribution in [0.1, 0.15) is 43.2 Å². The lowest BCUT2D eigenvalue weighted by atomic mass is 9.83. The zero-order chi connectivity index (χ0) is 21.2. The van der Waals surface area contributed by atoms with Gasteiger partial charge in [-0.1, -0.05) is 23.3 Å². The van der Waals surface area contributed by atoms with Crippen molar-refractivity contribution >= 4 is 33.7 Å². The molecule has 0 bridgehead atoms. The van der Waals surface area contributed by atoms with Crippen LogP contribution in [0.2, 0.25) is 0 Å². The van der Waals surface area contributed by atoms with Crippen LogP contribution in [0.15, 0.2) is 36.4 Å². The van der Waals surface area contributed by atoms with Crippen molar-refractivity contribution in [3.05, 3.63) is 70.0 Å². The molecule has 30 heavy (non-hydrogen) atoms. The minimum atomic E-state index is -1.10. The number of carboxylic acid groups (broad SMARTS) is 2. The van der Waals surface area contributed by atoms with Crippen molar-refractivity contribution < 1.29 is 19.8 Å². The Labute approximate surface area is 171 Å². The zero-order valence-corrected chi connectivity index (χ0v) is 16.5. The number of aryl methyl sites for hydroxylation is 4. The van der Waals surface area contributed by atoms with E-state index in [2.05, 4.69) is 0 Å². The van der Waals surface area contributed by atoms with E-state index >= 15 is 0 Å². The van der Waals surface area contributed by atoms with Crippen LogP contribution in [0.25, 0.3) is 32.9 Å². The van der Waals surface area contributed by atoms with Crippen LogP contribution in [0.4, 0.5) is 0 Å². The molecule has 2 heterocycles. The van der Waals surface area contributed by atoms with E-state index in [4.69, 9.17) is 9.97 Å². The van der Waals surface area contributed by atoms with Gasteiger partial charge in [0.2, 0.25) is 0 Å². The fourth-order valence-electron chi connectivity index (χ4n) is 4.44. The molecule has 2 aromatic heterocycles. The topological polar surface area (TPSA) is 100 Å². The van der Waals surface area contributed by atoms with Crippen molar-refractivity contribution in [1.82, 2.24) is 9.97 Å². The summed E-state index contributed by atoms with van der Waals surface area (Å²) >= 11 is 0. The Balaban J connectivity index is 2.01. The average Bonchev–Trinajstić information content (AvgIpc) is 2.69. The minimum Gasteiger partial charge on any atom is -0.478 e. The standard InChI is InChI=1S/C24H18N2O4/c1-11-3-5-15-13(9-11)19(23(27)28)21-17(25-15)7-8-18-22(21)20(24(29)30)14-10-12(2)4-6-16(14)26-18/h3-6,9-10H,7-8H2,1-2H3,(H,27,28)(H,29,30). The summed E-state index contributed by atoms with van der Waals surface area (Å²) in [7, 11) is 0. The van der Waals surface area contributed by atoms with Gasteiger partial charge in [0.05, 0.1) is 33.5 Å². The van der Waals surface area contributed by atoms with Crippen LogP contribution in [0.3, 0.4) is 0 Å². The van der Waals surface area contributed by atoms with Gasteiger partial charge in [0.15, 0.2) is 0 Å². The van der Waals surface area contributed by atoms with Gasteiger partial charge in [-0.25, -0.2) is 9.59 Å². The van der Waals surface area contributed by atoms with Gasteiger partial charge in [-0.05, 0) is 51.0 Å². The number of aromatic carboxylic acids is 2. The number of carboxylic acids is 2. The third-order valence-electron chi connectivity index (χ3n) is 5.71. The second-order valence-corrected chi connectivity index (χ2v) is 7.77. The van der Waals surface area contributed by atoms with Gasteiger partial charge < -0.3 is 10.2 Å². The Morgan fingerprint density at radius 1 is 0.733 bits per heavy atom. The molecule has 1 aliphatic rings. The van der Waals surface area contributed by atoms with Crippen LogP contribution in [-0.2, 0) is 12.8 Å². The zero-order valence-electron chi connectivity index (χ0n) is 16.5. The van der Waals surface area contributed by atoms with E-state index < -0.39 is 11.9 Å². The average molecular weight is 398 g/mol. The van der Waals surface area contributed by atoms with Crippen molar-refractivity contribution in [3.63, 3.8) is 0 Å². The number of carbonyl (C=O) groups is 2. The summed E-state index contributed by atoms with van der Waals surface area (Å²) in [5.74, 6) is -2.20. The van der Waals surface area contributed by atoms with E-state index in [0.29, 0.717) is 57.2 Å². The first-order valence-corrected chi connectivity index (χ1v) is 9.68. The molecule has 5 rings (SSSR count). The number of aromatic nitrogens is 2. The van der Waals surface area contributed by atoms with Gasteiger partial charge in [0.1, 0.15) is 0 Å². The fourth-order valence-corrected chi connectivity index (χ4v) is 4.44. The molecule has 0 unspecified atom stereocenters. The van der Waals surface area contributed by atoms with Gasteiger partial charge in [0, 0.05) is 21.9 Å². The molecule has 0 radical (unpaired) electrons. The molecule has 2 N–H and O–H groups in total. The maximum atomic E-state index is 12.4. The highest BCUT2D eigenvalue weighted by atomic mass is 16.4. The first-order valence-electron chi connectivity index (χ1n) is 9.68. The van der Waals surface area contributed by atoms with Crippen LogP contribution < -0.4 is 0 Å². The summed E-state index contributed by atoms with van der Waals surface area (Å²) in [6.07, 6.45) is 1.02. The summed E-state index contributed by atoms with van der Waals surface area (Å²) in [4.78, 5) is 34.2. The summed E-state index contributed by atoms with van der Waals surface area (Å²) in [6.45, 7) is 3.78.